The highest BCUT2D eigenvalue weighted by molar-refractivity contribution is 5.51. The van der Waals surface area contributed by atoms with Crippen LogP contribution in [0.4, 0.5) is 0 Å². The summed E-state index contributed by atoms with van der Waals surface area (Å²) in [4.78, 5) is 0. The van der Waals surface area contributed by atoms with E-state index in [4.69, 9.17) is 9.47 Å². The molecule has 3 aromatic rings. The van der Waals surface area contributed by atoms with Crippen LogP contribution >= 0.6 is 0 Å². The zero-order valence-corrected chi connectivity index (χ0v) is 15.8. The second-order valence-corrected chi connectivity index (χ2v) is 6.89. The molecule has 3 nitrogen and oxygen atoms in total. The Hall–Kier alpha value is -2.78. The van der Waals surface area contributed by atoms with Gasteiger partial charge in [0.25, 0.3) is 0 Å². The number of methoxy groups -OCH3 is 2. The van der Waals surface area contributed by atoms with E-state index in [0.717, 1.165) is 24.5 Å². The second-order valence-electron chi connectivity index (χ2n) is 6.89. The topological polar surface area (TPSA) is 30.5 Å². The van der Waals surface area contributed by atoms with Crippen molar-refractivity contribution in [2.24, 2.45) is 0 Å². The maximum atomic E-state index is 5.59. The first kappa shape index (κ1) is 17.6. The Kier molecular flexibility index (Phi) is 5.12. The van der Waals surface area contributed by atoms with Gasteiger partial charge in [0, 0.05) is 12.0 Å². The summed E-state index contributed by atoms with van der Waals surface area (Å²) in [7, 11) is 3.39. The first-order valence-electron chi connectivity index (χ1n) is 9.40. The van der Waals surface area contributed by atoms with Crippen molar-refractivity contribution in [2.75, 3.05) is 20.8 Å². The highest BCUT2D eigenvalue weighted by Crippen LogP contribution is 2.43. The molecule has 0 spiro atoms. The van der Waals surface area contributed by atoms with E-state index in [1.54, 1.807) is 14.2 Å². The minimum Gasteiger partial charge on any atom is -0.493 e. The van der Waals surface area contributed by atoms with E-state index in [1.807, 2.05) is 0 Å². The fraction of sp³-hybridized carbons (Fsp3) is 0.250. The third-order valence-corrected chi connectivity index (χ3v) is 5.39. The monoisotopic (exact) mass is 359 g/mol. The first-order valence-corrected chi connectivity index (χ1v) is 9.40. The van der Waals surface area contributed by atoms with E-state index in [9.17, 15) is 0 Å². The molecule has 27 heavy (non-hydrogen) atoms. The molecule has 0 amide bonds. The lowest BCUT2D eigenvalue weighted by Gasteiger charge is -2.35. The van der Waals surface area contributed by atoms with E-state index in [0.29, 0.717) is 0 Å². The van der Waals surface area contributed by atoms with Crippen LogP contribution in [0.1, 0.15) is 34.2 Å². The molecule has 1 aliphatic heterocycles. The van der Waals surface area contributed by atoms with Crippen molar-refractivity contribution in [1.29, 1.82) is 0 Å². The summed E-state index contributed by atoms with van der Waals surface area (Å²) in [6.07, 6.45) is 0.989. The average molecular weight is 359 g/mol. The average Bonchev–Trinajstić information content (AvgIpc) is 2.74. The molecule has 1 heterocycles. The summed E-state index contributed by atoms with van der Waals surface area (Å²) in [5.41, 5.74) is 5.23. The zero-order valence-electron chi connectivity index (χ0n) is 15.8. The maximum Gasteiger partial charge on any atom is 0.161 e. The maximum absolute atomic E-state index is 5.59. The molecular formula is C24H25NO2. The molecule has 0 radical (unpaired) electrons. The number of hydrogen-bond donors (Lipinski definition) is 1. The predicted octanol–water partition coefficient (Wildman–Crippen LogP) is 4.72. The van der Waals surface area contributed by atoms with Gasteiger partial charge in [-0.15, -0.1) is 0 Å². The van der Waals surface area contributed by atoms with Gasteiger partial charge in [0.15, 0.2) is 11.5 Å². The van der Waals surface area contributed by atoms with Crippen LogP contribution in [0, 0.1) is 0 Å². The molecule has 0 fully saturated rings. The van der Waals surface area contributed by atoms with Gasteiger partial charge >= 0.3 is 0 Å². The fourth-order valence-electron chi connectivity index (χ4n) is 4.11. The molecule has 0 saturated heterocycles. The molecule has 3 aromatic carbocycles. The third-order valence-electron chi connectivity index (χ3n) is 5.39. The summed E-state index contributed by atoms with van der Waals surface area (Å²) < 4.78 is 11.1. The molecular weight excluding hydrogens is 334 g/mol. The summed E-state index contributed by atoms with van der Waals surface area (Å²) in [6, 6.07) is 25.9. The summed E-state index contributed by atoms with van der Waals surface area (Å²) in [5, 5.41) is 3.76. The molecule has 1 unspecified atom stereocenters. The van der Waals surface area contributed by atoms with E-state index in [1.165, 1.54) is 22.3 Å². The van der Waals surface area contributed by atoms with Crippen LogP contribution in [0.25, 0.3) is 0 Å². The zero-order chi connectivity index (χ0) is 18.6. The minimum absolute atomic E-state index is 0.179. The Balaban J connectivity index is 1.85. The van der Waals surface area contributed by atoms with Gasteiger partial charge in [0.05, 0.1) is 14.2 Å². The smallest absolute Gasteiger partial charge is 0.161 e. The molecule has 3 heteroatoms. The van der Waals surface area contributed by atoms with Crippen molar-refractivity contribution < 1.29 is 9.47 Å². The number of hydrogen-bond acceptors (Lipinski definition) is 3. The Morgan fingerprint density at radius 3 is 1.93 bits per heavy atom. The first-order chi connectivity index (χ1) is 13.3. The Bertz CT molecular complexity index is 854. The molecule has 0 aliphatic carbocycles. The molecule has 4 rings (SSSR count). The SMILES string of the molecule is COc1cc2c(cc1OC)C(C(c1ccccc1)c1ccccc1)NCC2. The largest absolute Gasteiger partial charge is 0.493 e. The summed E-state index contributed by atoms with van der Waals surface area (Å²) in [6.45, 7) is 0.948. The molecule has 138 valence electrons. The summed E-state index contributed by atoms with van der Waals surface area (Å²) in [5.74, 6) is 1.81. The number of benzene rings is 3. The quantitative estimate of drug-likeness (QED) is 0.715. The lowest BCUT2D eigenvalue weighted by atomic mass is 9.78. The van der Waals surface area contributed by atoms with E-state index < -0.39 is 0 Å². The van der Waals surface area contributed by atoms with Gasteiger partial charge in [-0.05, 0) is 47.4 Å². The van der Waals surface area contributed by atoms with Gasteiger partial charge in [-0.2, -0.15) is 0 Å². The van der Waals surface area contributed by atoms with Crippen molar-refractivity contribution in [3.63, 3.8) is 0 Å². The third kappa shape index (κ3) is 3.43. The second kappa shape index (κ2) is 7.85. The van der Waals surface area contributed by atoms with Crippen LogP contribution in [0.3, 0.4) is 0 Å². The number of nitrogens with one attached hydrogen (secondary N) is 1. The fourth-order valence-corrected chi connectivity index (χ4v) is 4.11. The predicted molar refractivity (Wildman–Crippen MR) is 109 cm³/mol. The Morgan fingerprint density at radius 2 is 1.37 bits per heavy atom. The van der Waals surface area contributed by atoms with Crippen molar-refractivity contribution >= 4 is 0 Å². The van der Waals surface area contributed by atoms with Gasteiger partial charge in [-0.1, -0.05) is 60.7 Å². The highest BCUT2D eigenvalue weighted by atomic mass is 16.5. The molecule has 0 aromatic heterocycles. The molecule has 1 aliphatic rings. The molecule has 1 atom stereocenters. The Morgan fingerprint density at radius 1 is 0.815 bits per heavy atom. The minimum atomic E-state index is 0.179. The summed E-state index contributed by atoms with van der Waals surface area (Å²) >= 11 is 0. The van der Waals surface area contributed by atoms with Gasteiger partial charge in [-0.3, -0.25) is 0 Å². The van der Waals surface area contributed by atoms with Crippen LogP contribution in [0.5, 0.6) is 11.5 Å². The van der Waals surface area contributed by atoms with E-state index in [-0.39, 0.29) is 12.0 Å². The Labute approximate surface area is 161 Å². The number of fused-ring (bicyclic) bond motifs is 1. The number of ether oxygens (including phenoxy) is 2. The normalized spacial score (nSPS) is 16.0. The van der Waals surface area contributed by atoms with Gasteiger partial charge in [0.1, 0.15) is 0 Å². The standard InChI is InChI=1S/C24H25NO2/c1-26-21-15-19-13-14-25-24(20(19)16-22(21)27-2)23(17-9-5-3-6-10-17)18-11-7-4-8-12-18/h3-12,15-16,23-25H,13-14H2,1-2H3. The van der Waals surface area contributed by atoms with Crippen LogP contribution in [-0.4, -0.2) is 20.8 Å². The molecule has 0 saturated carbocycles. The van der Waals surface area contributed by atoms with Crippen molar-refractivity contribution in [3.8, 4) is 11.5 Å². The van der Waals surface area contributed by atoms with E-state index >= 15 is 0 Å². The molecule has 1 N–H and O–H groups in total. The van der Waals surface area contributed by atoms with Crippen molar-refractivity contribution in [2.45, 2.75) is 18.4 Å². The van der Waals surface area contributed by atoms with Crippen molar-refractivity contribution in [3.05, 3.63) is 95.1 Å². The molecule has 0 bridgehead atoms. The van der Waals surface area contributed by atoms with Crippen LogP contribution in [0.15, 0.2) is 72.8 Å². The van der Waals surface area contributed by atoms with Crippen molar-refractivity contribution in [1.82, 2.24) is 5.32 Å². The number of rotatable bonds is 5. The van der Waals surface area contributed by atoms with Crippen LogP contribution in [-0.2, 0) is 6.42 Å². The van der Waals surface area contributed by atoms with Crippen LogP contribution in [0.2, 0.25) is 0 Å². The van der Waals surface area contributed by atoms with Gasteiger partial charge in [-0.25, -0.2) is 0 Å². The van der Waals surface area contributed by atoms with E-state index in [2.05, 4.69) is 78.1 Å². The highest BCUT2D eigenvalue weighted by Gasteiger charge is 2.31. The lowest BCUT2D eigenvalue weighted by molar-refractivity contribution is 0.351. The van der Waals surface area contributed by atoms with Gasteiger partial charge < -0.3 is 14.8 Å². The lowest BCUT2D eigenvalue weighted by Crippen LogP contribution is -2.34. The van der Waals surface area contributed by atoms with Crippen LogP contribution < -0.4 is 14.8 Å². The van der Waals surface area contributed by atoms with Gasteiger partial charge in [0.2, 0.25) is 0 Å².